The molecule has 0 radical (unpaired) electrons. The first-order valence-electron chi connectivity index (χ1n) is 5.15. The van der Waals surface area contributed by atoms with Gasteiger partial charge in [-0.25, -0.2) is 9.97 Å². The average molecular weight is 206 g/mol. The third-order valence-corrected chi connectivity index (χ3v) is 2.46. The Kier molecular flexibility index (Phi) is 2.53. The molecule has 0 bridgehead atoms. The highest BCUT2D eigenvalue weighted by molar-refractivity contribution is 5.96. The number of nitrogen functional groups attached to an aromatic ring is 1. The Hall–Kier alpha value is -1.65. The number of aromatic nitrogens is 2. The van der Waals surface area contributed by atoms with Crippen molar-refractivity contribution in [1.29, 1.82) is 0 Å². The predicted octanol–water partition coefficient (Wildman–Crippen LogP) is 0.297. The van der Waals surface area contributed by atoms with E-state index in [9.17, 15) is 4.79 Å². The van der Waals surface area contributed by atoms with Gasteiger partial charge < -0.3 is 11.1 Å². The number of nitrogens with zero attached hydrogens (tertiary/aromatic N) is 2. The summed E-state index contributed by atoms with van der Waals surface area (Å²) < 4.78 is 0. The van der Waals surface area contributed by atoms with E-state index in [0.29, 0.717) is 6.54 Å². The number of carbonyl (C=O) groups excluding carboxylic acids is 1. The van der Waals surface area contributed by atoms with Crippen molar-refractivity contribution < 1.29 is 4.79 Å². The normalized spacial score (nSPS) is 13.7. The van der Waals surface area contributed by atoms with Crippen LogP contribution in [0.4, 0.5) is 5.82 Å². The quantitative estimate of drug-likeness (QED) is 0.729. The zero-order chi connectivity index (χ0) is 10.8. The molecule has 1 aliphatic rings. The lowest BCUT2D eigenvalue weighted by molar-refractivity contribution is 0.0951. The van der Waals surface area contributed by atoms with E-state index in [-0.39, 0.29) is 17.4 Å². The van der Waals surface area contributed by atoms with Gasteiger partial charge in [0, 0.05) is 6.54 Å². The molecule has 0 fully saturated rings. The van der Waals surface area contributed by atoms with Crippen LogP contribution in [-0.2, 0) is 12.8 Å². The zero-order valence-corrected chi connectivity index (χ0v) is 8.71. The monoisotopic (exact) mass is 206 g/mol. The van der Waals surface area contributed by atoms with Gasteiger partial charge in [-0.1, -0.05) is 0 Å². The highest BCUT2D eigenvalue weighted by atomic mass is 16.1. The van der Waals surface area contributed by atoms with Crippen LogP contribution in [0.25, 0.3) is 0 Å². The Morgan fingerprint density at radius 2 is 2.07 bits per heavy atom. The molecule has 0 aromatic carbocycles. The molecular weight excluding hydrogens is 192 g/mol. The first-order valence-corrected chi connectivity index (χ1v) is 5.15. The first kappa shape index (κ1) is 9.89. The predicted molar refractivity (Wildman–Crippen MR) is 56.5 cm³/mol. The Labute approximate surface area is 88.1 Å². The Morgan fingerprint density at radius 3 is 2.73 bits per heavy atom. The second-order valence-electron chi connectivity index (χ2n) is 3.56. The third-order valence-electron chi connectivity index (χ3n) is 2.46. The Bertz CT molecular complexity index is 403. The maximum atomic E-state index is 11.6. The molecule has 0 saturated carbocycles. The summed E-state index contributed by atoms with van der Waals surface area (Å²) >= 11 is 0. The van der Waals surface area contributed by atoms with Crippen LogP contribution in [0, 0.1) is 0 Å². The van der Waals surface area contributed by atoms with E-state index in [4.69, 9.17) is 5.73 Å². The van der Waals surface area contributed by atoms with Crippen molar-refractivity contribution in [3.8, 4) is 0 Å². The van der Waals surface area contributed by atoms with Gasteiger partial charge in [-0.05, 0) is 26.2 Å². The van der Waals surface area contributed by atoms with Gasteiger partial charge in [0.2, 0.25) is 0 Å². The lowest BCUT2D eigenvalue weighted by atomic mass is 10.3. The largest absolute Gasteiger partial charge is 0.382 e. The summed E-state index contributed by atoms with van der Waals surface area (Å²) in [7, 11) is 0. The van der Waals surface area contributed by atoms with Crippen molar-refractivity contribution in [3.63, 3.8) is 0 Å². The van der Waals surface area contributed by atoms with E-state index in [1.165, 1.54) is 0 Å². The molecule has 5 nitrogen and oxygen atoms in total. The van der Waals surface area contributed by atoms with Gasteiger partial charge in [-0.2, -0.15) is 0 Å². The van der Waals surface area contributed by atoms with Gasteiger partial charge in [0.25, 0.3) is 5.91 Å². The summed E-state index contributed by atoms with van der Waals surface area (Å²) in [5.41, 5.74) is 7.82. The Morgan fingerprint density at radius 1 is 1.40 bits per heavy atom. The number of aryl methyl sites for hydroxylation is 2. The standard InChI is InChI=1S/C10H14N4O/c1-2-12-10(15)8-9(11)14-7-5-3-4-6(7)13-8/h2-5H2,1H3,(H2,11,14)(H,12,15). The average Bonchev–Trinajstić information content (AvgIpc) is 2.63. The van der Waals surface area contributed by atoms with E-state index in [1.807, 2.05) is 6.92 Å². The van der Waals surface area contributed by atoms with Crippen molar-refractivity contribution in [2.75, 3.05) is 12.3 Å². The van der Waals surface area contributed by atoms with Crippen LogP contribution in [0.15, 0.2) is 0 Å². The summed E-state index contributed by atoms with van der Waals surface area (Å²) in [5, 5.41) is 2.67. The third kappa shape index (κ3) is 1.77. The number of hydrogen-bond donors (Lipinski definition) is 2. The zero-order valence-electron chi connectivity index (χ0n) is 8.71. The molecule has 80 valence electrons. The van der Waals surface area contributed by atoms with Crippen LogP contribution < -0.4 is 11.1 Å². The van der Waals surface area contributed by atoms with Crippen molar-refractivity contribution in [2.24, 2.45) is 0 Å². The number of hydrogen-bond acceptors (Lipinski definition) is 4. The smallest absolute Gasteiger partial charge is 0.273 e. The molecule has 1 aromatic rings. The number of fused-ring (bicyclic) bond motifs is 1. The summed E-state index contributed by atoms with van der Waals surface area (Å²) in [5.74, 6) is -0.00111. The van der Waals surface area contributed by atoms with Gasteiger partial charge >= 0.3 is 0 Å². The highest BCUT2D eigenvalue weighted by Crippen LogP contribution is 2.20. The molecule has 15 heavy (non-hydrogen) atoms. The molecule has 3 N–H and O–H groups in total. The fourth-order valence-electron chi connectivity index (χ4n) is 1.75. The molecule has 1 amide bonds. The Balaban J connectivity index is 2.36. The minimum Gasteiger partial charge on any atom is -0.382 e. The molecule has 0 spiro atoms. The fraction of sp³-hybridized carbons (Fsp3) is 0.500. The molecule has 1 aliphatic carbocycles. The van der Waals surface area contributed by atoms with Crippen molar-refractivity contribution in [3.05, 3.63) is 17.1 Å². The molecule has 5 heteroatoms. The minimum atomic E-state index is -0.239. The maximum absolute atomic E-state index is 11.6. The molecule has 2 rings (SSSR count). The number of amides is 1. The van der Waals surface area contributed by atoms with E-state index < -0.39 is 0 Å². The molecule has 1 heterocycles. The number of anilines is 1. The SMILES string of the molecule is CCNC(=O)c1nc2c(nc1N)CCC2. The lowest BCUT2D eigenvalue weighted by Crippen LogP contribution is -2.26. The van der Waals surface area contributed by atoms with Gasteiger partial charge in [-0.3, -0.25) is 4.79 Å². The van der Waals surface area contributed by atoms with E-state index in [1.54, 1.807) is 0 Å². The molecular formula is C10H14N4O. The number of rotatable bonds is 2. The van der Waals surface area contributed by atoms with Crippen LogP contribution in [0.2, 0.25) is 0 Å². The highest BCUT2D eigenvalue weighted by Gasteiger charge is 2.20. The van der Waals surface area contributed by atoms with Crippen molar-refractivity contribution in [2.45, 2.75) is 26.2 Å². The van der Waals surface area contributed by atoms with E-state index in [2.05, 4.69) is 15.3 Å². The first-order chi connectivity index (χ1) is 7.22. The molecule has 0 unspecified atom stereocenters. The maximum Gasteiger partial charge on any atom is 0.273 e. The number of nitrogens with two attached hydrogens (primary N) is 1. The van der Waals surface area contributed by atoms with E-state index >= 15 is 0 Å². The summed E-state index contributed by atoms with van der Waals surface area (Å²) in [6, 6.07) is 0. The molecule has 1 aromatic heterocycles. The van der Waals surface area contributed by atoms with Crippen LogP contribution >= 0.6 is 0 Å². The van der Waals surface area contributed by atoms with Crippen molar-refractivity contribution in [1.82, 2.24) is 15.3 Å². The number of carbonyl (C=O) groups is 1. The second kappa shape index (κ2) is 3.84. The summed E-state index contributed by atoms with van der Waals surface area (Å²) in [6.07, 6.45) is 2.87. The van der Waals surface area contributed by atoms with Crippen LogP contribution in [0.3, 0.4) is 0 Å². The van der Waals surface area contributed by atoms with Gasteiger partial charge in [0.05, 0.1) is 11.4 Å². The van der Waals surface area contributed by atoms with Crippen molar-refractivity contribution >= 4 is 11.7 Å². The summed E-state index contributed by atoms with van der Waals surface area (Å²) in [6.45, 7) is 2.42. The molecule has 0 aliphatic heterocycles. The lowest BCUT2D eigenvalue weighted by Gasteiger charge is -2.06. The van der Waals surface area contributed by atoms with Gasteiger partial charge in [0.1, 0.15) is 0 Å². The fourth-order valence-corrected chi connectivity index (χ4v) is 1.75. The molecule has 0 saturated heterocycles. The van der Waals surface area contributed by atoms with Crippen LogP contribution in [0.5, 0.6) is 0 Å². The minimum absolute atomic E-state index is 0.238. The van der Waals surface area contributed by atoms with Crippen LogP contribution in [-0.4, -0.2) is 22.4 Å². The van der Waals surface area contributed by atoms with Crippen LogP contribution in [0.1, 0.15) is 35.2 Å². The molecule has 0 atom stereocenters. The van der Waals surface area contributed by atoms with E-state index in [0.717, 1.165) is 30.7 Å². The topological polar surface area (TPSA) is 80.9 Å². The van der Waals surface area contributed by atoms with Gasteiger partial charge in [0.15, 0.2) is 11.5 Å². The summed E-state index contributed by atoms with van der Waals surface area (Å²) in [4.78, 5) is 20.1. The number of nitrogens with one attached hydrogen (secondary N) is 1. The second-order valence-corrected chi connectivity index (χ2v) is 3.56. The van der Waals surface area contributed by atoms with Gasteiger partial charge in [-0.15, -0.1) is 0 Å².